The second kappa shape index (κ2) is 6.63. The molecule has 0 atom stereocenters. The van der Waals surface area contributed by atoms with Gasteiger partial charge in [-0.25, -0.2) is 9.97 Å². The standard InChI is InChI=1S/C13H14ClN3OS/c1-3-15-13-16-8-9(14)12(17-13)19-11-7-5-4-6-10(11)18-2/h4-8H,3H2,1-2H3,(H,15,16,17). The molecule has 0 aliphatic rings. The number of rotatable bonds is 5. The number of ether oxygens (including phenoxy) is 1. The van der Waals surface area contributed by atoms with Crippen molar-refractivity contribution in [1.82, 2.24) is 9.97 Å². The third kappa shape index (κ3) is 3.52. The van der Waals surface area contributed by atoms with Crippen molar-refractivity contribution in [3.8, 4) is 5.75 Å². The summed E-state index contributed by atoms with van der Waals surface area (Å²) in [6.07, 6.45) is 1.60. The first-order valence-corrected chi connectivity index (χ1v) is 7.01. The summed E-state index contributed by atoms with van der Waals surface area (Å²) in [6.45, 7) is 2.76. The van der Waals surface area contributed by atoms with Gasteiger partial charge in [0.25, 0.3) is 0 Å². The zero-order valence-electron chi connectivity index (χ0n) is 10.7. The number of methoxy groups -OCH3 is 1. The Hall–Kier alpha value is -1.46. The minimum absolute atomic E-state index is 0.526. The van der Waals surface area contributed by atoms with Gasteiger partial charge in [0, 0.05) is 6.54 Å². The highest BCUT2D eigenvalue weighted by Crippen LogP contribution is 2.36. The van der Waals surface area contributed by atoms with Crippen molar-refractivity contribution in [2.75, 3.05) is 19.0 Å². The van der Waals surface area contributed by atoms with Crippen molar-refractivity contribution in [2.24, 2.45) is 0 Å². The number of para-hydroxylation sites is 1. The summed E-state index contributed by atoms with van der Waals surface area (Å²) in [5.41, 5.74) is 0. The van der Waals surface area contributed by atoms with E-state index in [2.05, 4.69) is 15.3 Å². The lowest BCUT2D eigenvalue weighted by atomic mass is 10.3. The molecule has 1 heterocycles. The van der Waals surface area contributed by atoms with Crippen LogP contribution in [0.3, 0.4) is 0 Å². The Bertz CT molecular complexity index is 565. The Balaban J connectivity index is 2.29. The zero-order chi connectivity index (χ0) is 13.7. The van der Waals surface area contributed by atoms with Crippen molar-refractivity contribution >= 4 is 29.3 Å². The van der Waals surface area contributed by atoms with Crippen LogP contribution in [0, 0.1) is 0 Å². The number of nitrogens with one attached hydrogen (secondary N) is 1. The Labute approximate surface area is 121 Å². The van der Waals surface area contributed by atoms with Crippen LogP contribution >= 0.6 is 23.4 Å². The van der Waals surface area contributed by atoms with Crippen LogP contribution in [0.2, 0.25) is 5.02 Å². The second-order valence-electron chi connectivity index (χ2n) is 3.63. The molecule has 100 valence electrons. The molecular weight excluding hydrogens is 282 g/mol. The van der Waals surface area contributed by atoms with E-state index in [1.165, 1.54) is 11.8 Å². The van der Waals surface area contributed by atoms with Gasteiger partial charge in [-0.2, -0.15) is 0 Å². The molecule has 0 aliphatic heterocycles. The largest absolute Gasteiger partial charge is 0.496 e. The van der Waals surface area contributed by atoms with Crippen molar-refractivity contribution in [3.63, 3.8) is 0 Å². The molecule has 2 rings (SSSR count). The molecule has 0 saturated heterocycles. The van der Waals surface area contributed by atoms with Gasteiger partial charge in [-0.05, 0) is 19.1 Å². The van der Waals surface area contributed by atoms with Gasteiger partial charge in [-0.1, -0.05) is 35.5 Å². The number of benzene rings is 1. The fourth-order valence-corrected chi connectivity index (χ4v) is 2.57. The molecule has 0 aliphatic carbocycles. The zero-order valence-corrected chi connectivity index (χ0v) is 12.3. The van der Waals surface area contributed by atoms with Gasteiger partial charge in [0.15, 0.2) is 0 Å². The summed E-state index contributed by atoms with van der Waals surface area (Å²) in [5, 5.41) is 4.30. The lowest BCUT2D eigenvalue weighted by molar-refractivity contribution is 0.405. The summed E-state index contributed by atoms with van der Waals surface area (Å²) in [6, 6.07) is 7.75. The highest BCUT2D eigenvalue weighted by atomic mass is 35.5. The summed E-state index contributed by atoms with van der Waals surface area (Å²) in [5.74, 6) is 1.37. The van der Waals surface area contributed by atoms with Crippen molar-refractivity contribution < 1.29 is 4.74 Å². The van der Waals surface area contributed by atoms with E-state index < -0.39 is 0 Å². The van der Waals surface area contributed by atoms with Gasteiger partial charge in [0.05, 0.1) is 23.2 Å². The highest BCUT2D eigenvalue weighted by Gasteiger charge is 2.10. The van der Waals surface area contributed by atoms with E-state index in [4.69, 9.17) is 16.3 Å². The highest BCUT2D eigenvalue weighted by molar-refractivity contribution is 7.99. The van der Waals surface area contributed by atoms with E-state index in [9.17, 15) is 0 Å². The maximum absolute atomic E-state index is 6.13. The smallest absolute Gasteiger partial charge is 0.223 e. The molecule has 1 aromatic heterocycles. The maximum Gasteiger partial charge on any atom is 0.223 e. The van der Waals surface area contributed by atoms with E-state index in [1.54, 1.807) is 13.3 Å². The van der Waals surface area contributed by atoms with Crippen LogP contribution in [0.4, 0.5) is 5.95 Å². The molecule has 0 spiro atoms. The number of hydrogen-bond acceptors (Lipinski definition) is 5. The van der Waals surface area contributed by atoms with Crippen LogP contribution in [0.5, 0.6) is 5.75 Å². The van der Waals surface area contributed by atoms with E-state index in [0.717, 1.165) is 17.2 Å². The van der Waals surface area contributed by atoms with Crippen LogP contribution in [0.25, 0.3) is 0 Å². The molecule has 0 unspecified atom stereocenters. The van der Waals surface area contributed by atoms with E-state index >= 15 is 0 Å². The molecule has 6 heteroatoms. The Morgan fingerprint density at radius 2 is 2.16 bits per heavy atom. The van der Waals surface area contributed by atoms with Crippen LogP contribution in [-0.2, 0) is 0 Å². The first-order chi connectivity index (χ1) is 9.24. The van der Waals surface area contributed by atoms with Gasteiger partial charge in [-0.3, -0.25) is 0 Å². The van der Waals surface area contributed by atoms with Gasteiger partial charge in [-0.15, -0.1) is 0 Å². The number of aromatic nitrogens is 2. The van der Waals surface area contributed by atoms with Crippen molar-refractivity contribution in [3.05, 3.63) is 35.5 Å². The van der Waals surface area contributed by atoms with Crippen molar-refractivity contribution in [2.45, 2.75) is 16.8 Å². The molecule has 1 aromatic carbocycles. The monoisotopic (exact) mass is 295 g/mol. The molecule has 1 N–H and O–H groups in total. The molecule has 0 radical (unpaired) electrons. The average molecular weight is 296 g/mol. The van der Waals surface area contributed by atoms with Gasteiger partial charge >= 0.3 is 0 Å². The minimum atomic E-state index is 0.526. The quantitative estimate of drug-likeness (QED) is 0.852. The van der Waals surface area contributed by atoms with Crippen LogP contribution in [0.1, 0.15) is 6.92 Å². The normalized spacial score (nSPS) is 10.3. The average Bonchev–Trinajstić information content (AvgIpc) is 2.43. The van der Waals surface area contributed by atoms with Crippen LogP contribution < -0.4 is 10.1 Å². The number of halogens is 1. The molecule has 0 amide bonds. The maximum atomic E-state index is 6.13. The number of nitrogens with zero attached hydrogens (tertiary/aromatic N) is 2. The lowest BCUT2D eigenvalue weighted by Crippen LogP contribution is -2.02. The first kappa shape index (κ1) is 14.0. The van der Waals surface area contributed by atoms with Gasteiger partial charge in [0.1, 0.15) is 10.8 Å². The van der Waals surface area contributed by atoms with Crippen LogP contribution in [-0.4, -0.2) is 23.6 Å². The summed E-state index contributed by atoms with van der Waals surface area (Å²) >= 11 is 7.58. The molecule has 2 aromatic rings. The lowest BCUT2D eigenvalue weighted by Gasteiger charge is -2.09. The topological polar surface area (TPSA) is 47.0 Å². The van der Waals surface area contributed by atoms with E-state index in [0.29, 0.717) is 16.0 Å². The molecule has 4 nitrogen and oxygen atoms in total. The SMILES string of the molecule is CCNc1ncc(Cl)c(Sc2ccccc2OC)n1. The summed E-state index contributed by atoms with van der Waals surface area (Å²) < 4.78 is 5.31. The van der Waals surface area contributed by atoms with E-state index in [-0.39, 0.29) is 0 Å². The Morgan fingerprint density at radius 3 is 2.89 bits per heavy atom. The second-order valence-corrected chi connectivity index (χ2v) is 5.07. The molecule has 19 heavy (non-hydrogen) atoms. The predicted molar refractivity (Wildman–Crippen MR) is 78.3 cm³/mol. The fourth-order valence-electron chi connectivity index (χ4n) is 1.47. The molecule has 0 fully saturated rings. The third-order valence-electron chi connectivity index (χ3n) is 2.32. The fraction of sp³-hybridized carbons (Fsp3) is 0.231. The Kier molecular flexibility index (Phi) is 4.87. The minimum Gasteiger partial charge on any atom is -0.496 e. The summed E-state index contributed by atoms with van der Waals surface area (Å²) in [7, 11) is 1.64. The predicted octanol–water partition coefficient (Wildman–Crippen LogP) is 3.72. The van der Waals surface area contributed by atoms with E-state index in [1.807, 2.05) is 31.2 Å². The van der Waals surface area contributed by atoms with Crippen LogP contribution in [0.15, 0.2) is 40.4 Å². The Morgan fingerprint density at radius 1 is 1.37 bits per heavy atom. The van der Waals surface area contributed by atoms with Gasteiger partial charge < -0.3 is 10.1 Å². The number of hydrogen-bond donors (Lipinski definition) is 1. The molecular formula is C13H14ClN3OS. The molecule has 0 saturated carbocycles. The van der Waals surface area contributed by atoms with Gasteiger partial charge in [0.2, 0.25) is 5.95 Å². The summed E-state index contributed by atoms with van der Waals surface area (Å²) in [4.78, 5) is 9.47. The molecule has 0 bridgehead atoms. The third-order valence-corrected chi connectivity index (χ3v) is 3.77. The number of anilines is 1. The first-order valence-electron chi connectivity index (χ1n) is 5.82. The van der Waals surface area contributed by atoms with Crippen molar-refractivity contribution in [1.29, 1.82) is 0 Å².